The first-order chi connectivity index (χ1) is 6.68. The number of rotatable bonds is 2. The number of carbonyl (C=O) groups excluding carboxylic acids is 2. The summed E-state index contributed by atoms with van der Waals surface area (Å²) in [7, 11) is 1.84. The van der Waals surface area contributed by atoms with E-state index in [-0.39, 0.29) is 17.9 Å². The van der Waals surface area contributed by atoms with E-state index in [1.807, 2.05) is 7.05 Å². The largest absolute Gasteiger partial charge is 0.344 e. The molecule has 2 aliphatic rings. The molecule has 0 aromatic rings. The molecule has 0 bridgehead atoms. The highest BCUT2D eigenvalue weighted by molar-refractivity contribution is 5.90. The summed E-state index contributed by atoms with van der Waals surface area (Å²) in [5.74, 6) is 0.0888. The van der Waals surface area contributed by atoms with Gasteiger partial charge in [-0.3, -0.25) is 9.59 Å². The van der Waals surface area contributed by atoms with Crippen LogP contribution in [0.1, 0.15) is 32.1 Å². The van der Waals surface area contributed by atoms with E-state index >= 15 is 0 Å². The first-order valence-electron chi connectivity index (χ1n) is 5.24. The number of hydrogen-bond acceptors (Lipinski definition) is 2. The SMILES string of the molecule is CN(C(=O)C1CCC(=O)N1)C1CCC1. The zero-order chi connectivity index (χ0) is 10.1. The average molecular weight is 196 g/mol. The standard InChI is InChI=1S/C10H16N2O2/c1-12(7-3-2-4-7)10(14)8-5-6-9(13)11-8/h7-8H,2-6H2,1H3,(H,11,13). The fraction of sp³-hybridized carbons (Fsp3) is 0.800. The Hall–Kier alpha value is -1.06. The highest BCUT2D eigenvalue weighted by Gasteiger charge is 2.33. The van der Waals surface area contributed by atoms with Gasteiger partial charge < -0.3 is 10.2 Å². The Bertz CT molecular complexity index is 261. The Balaban J connectivity index is 1.90. The molecule has 1 heterocycles. The van der Waals surface area contributed by atoms with Gasteiger partial charge in [0, 0.05) is 19.5 Å². The molecule has 1 unspecified atom stereocenters. The van der Waals surface area contributed by atoms with Crippen LogP contribution in [0.3, 0.4) is 0 Å². The molecule has 2 fully saturated rings. The van der Waals surface area contributed by atoms with Crippen molar-refractivity contribution in [1.82, 2.24) is 10.2 Å². The first-order valence-corrected chi connectivity index (χ1v) is 5.24. The molecule has 2 amide bonds. The molecule has 1 N–H and O–H groups in total. The fourth-order valence-corrected chi connectivity index (χ4v) is 2.00. The number of carbonyl (C=O) groups is 2. The second-order valence-corrected chi connectivity index (χ2v) is 4.19. The molecule has 1 saturated heterocycles. The van der Waals surface area contributed by atoms with E-state index in [0.717, 1.165) is 12.8 Å². The van der Waals surface area contributed by atoms with Crippen molar-refractivity contribution in [2.24, 2.45) is 0 Å². The number of nitrogens with one attached hydrogen (secondary N) is 1. The molecule has 4 heteroatoms. The van der Waals surface area contributed by atoms with E-state index in [1.54, 1.807) is 4.90 Å². The monoisotopic (exact) mass is 196 g/mol. The normalized spacial score (nSPS) is 26.9. The Morgan fingerprint density at radius 3 is 2.57 bits per heavy atom. The second-order valence-electron chi connectivity index (χ2n) is 4.19. The Labute approximate surface area is 83.6 Å². The van der Waals surface area contributed by atoms with Crippen molar-refractivity contribution in [3.05, 3.63) is 0 Å². The summed E-state index contributed by atoms with van der Waals surface area (Å²) >= 11 is 0. The van der Waals surface area contributed by atoms with Crippen LogP contribution in [0, 0.1) is 0 Å². The molecular formula is C10H16N2O2. The van der Waals surface area contributed by atoms with Crippen LogP contribution in [0.25, 0.3) is 0 Å². The highest BCUT2D eigenvalue weighted by Crippen LogP contribution is 2.24. The van der Waals surface area contributed by atoms with Gasteiger partial charge in [0.15, 0.2) is 0 Å². The van der Waals surface area contributed by atoms with Gasteiger partial charge in [-0.2, -0.15) is 0 Å². The van der Waals surface area contributed by atoms with Crippen LogP contribution in [-0.2, 0) is 9.59 Å². The van der Waals surface area contributed by atoms with Crippen LogP contribution in [0.2, 0.25) is 0 Å². The molecule has 0 spiro atoms. The fourth-order valence-electron chi connectivity index (χ4n) is 2.00. The van der Waals surface area contributed by atoms with Gasteiger partial charge in [0.25, 0.3) is 0 Å². The van der Waals surface area contributed by atoms with Crippen LogP contribution in [-0.4, -0.2) is 35.8 Å². The lowest BCUT2D eigenvalue weighted by molar-refractivity contribution is -0.136. The van der Waals surface area contributed by atoms with Crippen LogP contribution >= 0.6 is 0 Å². The third-order valence-corrected chi connectivity index (χ3v) is 3.26. The Kier molecular flexibility index (Phi) is 2.44. The molecule has 2 rings (SSSR count). The predicted molar refractivity (Wildman–Crippen MR) is 51.6 cm³/mol. The summed E-state index contributed by atoms with van der Waals surface area (Å²) in [6, 6.07) is 0.160. The molecule has 0 aromatic heterocycles. The van der Waals surface area contributed by atoms with E-state index in [4.69, 9.17) is 0 Å². The molecule has 1 saturated carbocycles. The molecule has 4 nitrogen and oxygen atoms in total. The summed E-state index contributed by atoms with van der Waals surface area (Å²) in [4.78, 5) is 24.6. The van der Waals surface area contributed by atoms with Crippen molar-refractivity contribution in [3.8, 4) is 0 Å². The van der Waals surface area contributed by atoms with Gasteiger partial charge in [-0.05, 0) is 25.7 Å². The van der Waals surface area contributed by atoms with Crippen LogP contribution in [0.4, 0.5) is 0 Å². The van der Waals surface area contributed by atoms with Crippen LogP contribution in [0.15, 0.2) is 0 Å². The maximum Gasteiger partial charge on any atom is 0.245 e. The van der Waals surface area contributed by atoms with Crippen molar-refractivity contribution in [1.29, 1.82) is 0 Å². The summed E-state index contributed by atoms with van der Waals surface area (Å²) in [6.07, 6.45) is 4.61. The highest BCUT2D eigenvalue weighted by atomic mass is 16.2. The first kappa shape index (κ1) is 9.49. The van der Waals surface area contributed by atoms with Gasteiger partial charge in [0.05, 0.1) is 0 Å². The molecule has 1 aliphatic carbocycles. The van der Waals surface area contributed by atoms with E-state index < -0.39 is 0 Å². The van der Waals surface area contributed by atoms with E-state index in [0.29, 0.717) is 18.9 Å². The summed E-state index contributed by atoms with van der Waals surface area (Å²) in [6.45, 7) is 0. The van der Waals surface area contributed by atoms with Gasteiger partial charge in [-0.1, -0.05) is 0 Å². The smallest absolute Gasteiger partial charge is 0.245 e. The molecule has 1 aliphatic heterocycles. The van der Waals surface area contributed by atoms with Crippen molar-refractivity contribution in [2.75, 3.05) is 7.05 Å². The zero-order valence-electron chi connectivity index (χ0n) is 8.45. The lowest BCUT2D eigenvalue weighted by atomic mass is 9.91. The summed E-state index contributed by atoms with van der Waals surface area (Å²) in [5.41, 5.74) is 0. The van der Waals surface area contributed by atoms with Crippen molar-refractivity contribution in [2.45, 2.75) is 44.2 Å². The molecular weight excluding hydrogens is 180 g/mol. The number of amides is 2. The van der Waals surface area contributed by atoms with Gasteiger partial charge in [0.2, 0.25) is 11.8 Å². The maximum absolute atomic E-state index is 11.8. The van der Waals surface area contributed by atoms with Crippen LogP contribution in [0.5, 0.6) is 0 Å². The van der Waals surface area contributed by atoms with Gasteiger partial charge >= 0.3 is 0 Å². The van der Waals surface area contributed by atoms with E-state index in [1.165, 1.54) is 6.42 Å². The Morgan fingerprint density at radius 2 is 2.14 bits per heavy atom. The van der Waals surface area contributed by atoms with Gasteiger partial charge in [0.1, 0.15) is 6.04 Å². The lowest BCUT2D eigenvalue weighted by Crippen LogP contribution is -2.49. The quantitative estimate of drug-likeness (QED) is 0.689. The van der Waals surface area contributed by atoms with Crippen molar-refractivity contribution < 1.29 is 9.59 Å². The summed E-state index contributed by atoms with van der Waals surface area (Å²) in [5, 5.41) is 2.71. The van der Waals surface area contributed by atoms with E-state index in [9.17, 15) is 9.59 Å². The molecule has 78 valence electrons. The van der Waals surface area contributed by atoms with Crippen LogP contribution < -0.4 is 5.32 Å². The van der Waals surface area contributed by atoms with Gasteiger partial charge in [-0.25, -0.2) is 0 Å². The third-order valence-electron chi connectivity index (χ3n) is 3.26. The molecule has 1 atom stereocenters. The molecule has 14 heavy (non-hydrogen) atoms. The Morgan fingerprint density at radius 1 is 1.43 bits per heavy atom. The molecule has 0 radical (unpaired) electrons. The van der Waals surface area contributed by atoms with Crippen molar-refractivity contribution in [3.63, 3.8) is 0 Å². The minimum atomic E-state index is -0.256. The minimum absolute atomic E-state index is 0.00496. The number of likely N-dealkylation sites (N-methyl/N-ethyl adjacent to an activating group) is 1. The third kappa shape index (κ3) is 1.61. The van der Waals surface area contributed by atoms with Gasteiger partial charge in [-0.15, -0.1) is 0 Å². The second kappa shape index (κ2) is 3.59. The number of hydrogen-bond donors (Lipinski definition) is 1. The predicted octanol–water partition coefficient (Wildman–Crippen LogP) is 0.276. The molecule has 0 aromatic carbocycles. The van der Waals surface area contributed by atoms with E-state index in [2.05, 4.69) is 5.32 Å². The topological polar surface area (TPSA) is 49.4 Å². The lowest BCUT2D eigenvalue weighted by Gasteiger charge is -2.36. The zero-order valence-corrected chi connectivity index (χ0v) is 8.45. The summed E-state index contributed by atoms with van der Waals surface area (Å²) < 4.78 is 0. The maximum atomic E-state index is 11.8. The minimum Gasteiger partial charge on any atom is -0.344 e. The number of nitrogens with zero attached hydrogens (tertiary/aromatic N) is 1. The average Bonchev–Trinajstić information content (AvgIpc) is 2.47. The van der Waals surface area contributed by atoms with Crippen molar-refractivity contribution >= 4 is 11.8 Å².